The Morgan fingerprint density at radius 1 is 1.28 bits per heavy atom. The topological polar surface area (TPSA) is 61.8 Å². The summed E-state index contributed by atoms with van der Waals surface area (Å²) in [5.41, 5.74) is -0.560. The first-order valence-corrected chi connectivity index (χ1v) is 9.82. The number of rotatable bonds is 7. The summed E-state index contributed by atoms with van der Waals surface area (Å²) in [6, 6.07) is 0. The first kappa shape index (κ1) is 17.3. The van der Waals surface area contributed by atoms with Crippen molar-refractivity contribution in [3.8, 4) is 0 Å². The lowest BCUT2D eigenvalue weighted by Crippen LogP contribution is -2.38. The molecular formula is C20H30O5. The Bertz CT molecular complexity index is 585. The Morgan fingerprint density at radius 2 is 2.08 bits per heavy atom. The zero-order valence-corrected chi connectivity index (χ0v) is 15.6. The van der Waals surface area contributed by atoms with Crippen molar-refractivity contribution in [2.45, 2.75) is 77.4 Å². The maximum absolute atomic E-state index is 12.2. The average molecular weight is 350 g/mol. The van der Waals surface area contributed by atoms with E-state index in [1.807, 2.05) is 13.8 Å². The molecule has 3 saturated carbocycles. The third-order valence-corrected chi connectivity index (χ3v) is 7.14. The molecule has 0 aromatic rings. The molecule has 5 heteroatoms. The summed E-state index contributed by atoms with van der Waals surface area (Å²) in [6.07, 6.45) is 6.71. The molecule has 4 fully saturated rings. The van der Waals surface area contributed by atoms with Crippen molar-refractivity contribution in [3.05, 3.63) is 0 Å². The molecule has 3 aliphatic carbocycles. The van der Waals surface area contributed by atoms with Gasteiger partial charge in [-0.15, -0.1) is 0 Å². The third-order valence-electron chi connectivity index (χ3n) is 7.14. The molecule has 1 heterocycles. The van der Waals surface area contributed by atoms with Gasteiger partial charge in [0, 0.05) is 11.8 Å². The summed E-state index contributed by atoms with van der Waals surface area (Å²) in [7, 11) is 0. The molecule has 0 aromatic heterocycles. The molecule has 4 rings (SSSR count). The average Bonchev–Trinajstić information content (AvgIpc) is 3.04. The van der Waals surface area contributed by atoms with E-state index in [4.69, 9.17) is 14.2 Å². The monoisotopic (exact) mass is 350 g/mol. The van der Waals surface area contributed by atoms with Gasteiger partial charge in [0.1, 0.15) is 12.7 Å². The molecule has 1 aliphatic heterocycles. The maximum atomic E-state index is 12.2. The lowest BCUT2D eigenvalue weighted by atomic mass is 9.72. The minimum atomic E-state index is -0.429. The SMILES string of the molecule is CCCC(C)(C)C(=O)OCCOC12CC3CC4C(=O)OC(C1)C4(C3)C2. The predicted molar refractivity (Wildman–Crippen MR) is 90.7 cm³/mol. The van der Waals surface area contributed by atoms with Crippen LogP contribution in [0.1, 0.15) is 65.7 Å². The molecule has 0 amide bonds. The van der Waals surface area contributed by atoms with Crippen LogP contribution in [0, 0.1) is 22.7 Å². The molecular weight excluding hydrogens is 320 g/mol. The number of carbonyl (C=O) groups excluding carboxylic acids is 2. The Morgan fingerprint density at radius 3 is 2.84 bits per heavy atom. The molecule has 0 radical (unpaired) electrons. The van der Waals surface area contributed by atoms with Crippen molar-refractivity contribution in [2.75, 3.05) is 13.2 Å². The van der Waals surface area contributed by atoms with Crippen LogP contribution in [0.15, 0.2) is 0 Å². The fourth-order valence-corrected chi connectivity index (χ4v) is 6.24. The van der Waals surface area contributed by atoms with E-state index in [1.54, 1.807) is 0 Å². The highest BCUT2D eigenvalue weighted by molar-refractivity contribution is 5.77. The van der Waals surface area contributed by atoms with E-state index in [9.17, 15) is 9.59 Å². The van der Waals surface area contributed by atoms with Crippen LogP contribution in [-0.2, 0) is 23.8 Å². The summed E-state index contributed by atoms with van der Waals surface area (Å²) in [5.74, 6) is 0.566. The zero-order valence-electron chi connectivity index (χ0n) is 15.6. The Kier molecular flexibility index (Phi) is 3.95. The fraction of sp³-hybridized carbons (Fsp3) is 0.900. The molecule has 0 aromatic carbocycles. The number of hydrogen-bond donors (Lipinski definition) is 0. The van der Waals surface area contributed by atoms with Crippen LogP contribution in [0.4, 0.5) is 0 Å². The van der Waals surface area contributed by atoms with Gasteiger partial charge in [0.05, 0.1) is 23.5 Å². The van der Waals surface area contributed by atoms with Gasteiger partial charge in [-0.2, -0.15) is 0 Å². The van der Waals surface area contributed by atoms with E-state index in [0.717, 1.165) is 44.9 Å². The van der Waals surface area contributed by atoms with Crippen molar-refractivity contribution in [3.63, 3.8) is 0 Å². The number of ether oxygens (including phenoxy) is 3. The van der Waals surface area contributed by atoms with Crippen molar-refractivity contribution in [1.82, 2.24) is 0 Å². The summed E-state index contributed by atoms with van der Waals surface area (Å²) < 4.78 is 17.4. The minimum Gasteiger partial charge on any atom is -0.463 e. The summed E-state index contributed by atoms with van der Waals surface area (Å²) in [4.78, 5) is 24.3. The minimum absolute atomic E-state index is 0.0232. The number of hydrogen-bond acceptors (Lipinski definition) is 5. The van der Waals surface area contributed by atoms with Gasteiger partial charge in [-0.25, -0.2) is 0 Å². The second-order valence-corrected chi connectivity index (χ2v) is 9.40. The van der Waals surface area contributed by atoms with Crippen molar-refractivity contribution < 1.29 is 23.8 Å². The molecule has 5 atom stereocenters. The van der Waals surface area contributed by atoms with Gasteiger partial charge in [-0.1, -0.05) is 13.3 Å². The lowest BCUT2D eigenvalue weighted by molar-refractivity contribution is -0.160. The van der Waals surface area contributed by atoms with E-state index in [2.05, 4.69) is 6.92 Å². The molecule has 25 heavy (non-hydrogen) atoms. The lowest BCUT2D eigenvalue weighted by Gasteiger charge is -2.37. The predicted octanol–water partition coefficient (Wildman–Crippen LogP) is 3.25. The van der Waals surface area contributed by atoms with Crippen LogP contribution in [0.5, 0.6) is 0 Å². The number of fused-ring (bicyclic) bond motifs is 2. The standard InChI is InChI=1S/C20H30O5/c1-4-5-18(2,3)17(22)23-6-7-24-19-9-13-8-14-16(21)25-15(11-19)20(14,10-13)12-19/h13-15H,4-12H2,1-3H3. The van der Waals surface area contributed by atoms with Crippen LogP contribution >= 0.6 is 0 Å². The smallest absolute Gasteiger partial charge is 0.311 e. The van der Waals surface area contributed by atoms with Gasteiger partial charge in [0.2, 0.25) is 0 Å². The molecule has 140 valence electrons. The van der Waals surface area contributed by atoms with Crippen LogP contribution in [0.3, 0.4) is 0 Å². The Hall–Kier alpha value is -1.10. The molecule has 5 nitrogen and oxygen atoms in total. The highest BCUT2D eigenvalue weighted by Crippen LogP contribution is 2.70. The Balaban J connectivity index is 1.32. The second kappa shape index (κ2) is 5.70. The highest BCUT2D eigenvalue weighted by Gasteiger charge is 2.72. The van der Waals surface area contributed by atoms with E-state index in [-0.39, 0.29) is 35.0 Å². The van der Waals surface area contributed by atoms with Crippen LogP contribution in [0.25, 0.3) is 0 Å². The van der Waals surface area contributed by atoms with Gasteiger partial charge in [-0.05, 0) is 51.9 Å². The van der Waals surface area contributed by atoms with Crippen LogP contribution < -0.4 is 0 Å². The summed E-state index contributed by atoms with van der Waals surface area (Å²) in [6.45, 7) is 6.68. The quantitative estimate of drug-likeness (QED) is 0.521. The number of carbonyl (C=O) groups is 2. The molecule has 1 saturated heterocycles. The highest BCUT2D eigenvalue weighted by atomic mass is 16.6. The van der Waals surface area contributed by atoms with Gasteiger partial charge < -0.3 is 14.2 Å². The number of esters is 2. The first-order valence-electron chi connectivity index (χ1n) is 9.82. The van der Waals surface area contributed by atoms with Crippen molar-refractivity contribution >= 4 is 11.9 Å². The summed E-state index contributed by atoms with van der Waals surface area (Å²) in [5, 5.41) is 0. The van der Waals surface area contributed by atoms with E-state index < -0.39 is 5.41 Å². The van der Waals surface area contributed by atoms with Crippen molar-refractivity contribution in [2.24, 2.45) is 22.7 Å². The molecule has 3 bridgehead atoms. The van der Waals surface area contributed by atoms with Gasteiger partial charge in [0.25, 0.3) is 0 Å². The third kappa shape index (κ3) is 2.61. The van der Waals surface area contributed by atoms with Gasteiger partial charge >= 0.3 is 11.9 Å². The van der Waals surface area contributed by atoms with E-state index in [0.29, 0.717) is 19.1 Å². The Labute approximate surface area is 149 Å². The van der Waals surface area contributed by atoms with Gasteiger partial charge in [-0.3, -0.25) is 9.59 Å². The van der Waals surface area contributed by atoms with Crippen LogP contribution in [-0.4, -0.2) is 36.9 Å². The zero-order chi connectivity index (χ0) is 17.9. The van der Waals surface area contributed by atoms with E-state index >= 15 is 0 Å². The normalized spacial score (nSPS) is 41.1. The first-order chi connectivity index (χ1) is 11.8. The van der Waals surface area contributed by atoms with E-state index in [1.165, 1.54) is 0 Å². The second-order valence-electron chi connectivity index (χ2n) is 9.40. The fourth-order valence-electron chi connectivity index (χ4n) is 6.24. The maximum Gasteiger partial charge on any atom is 0.311 e. The molecule has 1 spiro atoms. The van der Waals surface area contributed by atoms with Gasteiger partial charge in [0.15, 0.2) is 0 Å². The largest absolute Gasteiger partial charge is 0.463 e. The molecule has 4 aliphatic rings. The molecule has 0 N–H and O–H groups in total. The van der Waals surface area contributed by atoms with Crippen molar-refractivity contribution in [1.29, 1.82) is 0 Å². The van der Waals surface area contributed by atoms with Crippen LogP contribution in [0.2, 0.25) is 0 Å². The molecule has 5 unspecified atom stereocenters. The summed E-state index contributed by atoms with van der Waals surface area (Å²) >= 11 is 0.